The van der Waals surface area contributed by atoms with Crippen LogP contribution in [0.25, 0.3) is 0 Å². The molecule has 1 fully saturated rings. The SMILES string of the molecule is COC(=O)CN(CCN(C)C(=O)OC(C)(C)C)C1CCC(CN(C)c2cnc(N3C(=O)Cc4cc(OC)c(OC(C)C)cc4[C@@H]3c3ccc(Cl)cc3)cn2)CC1. The number of fused-ring (bicyclic) bond motifs is 1. The van der Waals surface area contributed by atoms with Gasteiger partial charge in [0.25, 0.3) is 0 Å². The number of anilines is 2. The Kier molecular flexibility index (Phi) is 14.1. The monoisotopic (exact) mass is 792 g/mol. The van der Waals surface area contributed by atoms with E-state index >= 15 is 0 Å². The fourth-order valence-corrected chi connectivity index (χ4v) is 7.56. The molecule has 304 valence electrons. The smallest absolute Gasteiger partial charge is 0.410 e. The Balaban J connectivity index is 1.27. The largest absolute Gasteiger partial charge is 0.493 e. The van der Waals surface area contributed by atoms with E-state index in [4.69, 9.17) is 40.5 Å². The molecule has 1 aromatic heterocycles. The average molecular weight is 793 g/mol. The summed E-state index contributed by atoms with van der Waals surface area (Å²) in [7, 11) is 6.72. The molecular formula is C42H57ClN6O7. The van der Waals surface area contributed by atoms with Crippen molar-refractivity contribution in [1.82, 2.24) is 19.8 Å². The molecule has 2 aliphatic rings. The van der Waals surface area contributed by atoms with E-state index in [0.29, 0.717) is 47.2 Å². The Bertz CT molecular complexity index is 1810. The van der Waals surface area contributed by atoms with Crippen molar-refractivity contribution >= 4 is 41.2 Å². The Labute approximate surface area is 336 Å². The van der Waals surface area contributed by atoms with E-state index in [-0.39, 0.29) is 43.1 Å². The van der Waals surface area contributed by atoms with Crippen molar-refractivity contribution < 1.29 is 33.3 Å². The molecule has 0 saturated heterocycles. The van der Waals surface area contributed by atoms with Crippen LogP contribution in [0.3, 0.4) is 0 Å². The molecular weight excluding hydrogens is 736 g/mol. The van der Waals surface area contributed by atoms with Gasteiger partial charge in [0.15, 0.2) is 17.3 Å². The molecule has 3 aromatic rings. The van der Waals surface area contributed by atoms with Crippen molar-refractivity contribution in [3.63, 3.8) is 0 Å². The van der Waals surface area contributed by atoms with E-state index in [2.05, 4.69) is 9.80 Å². The first-order chi connectivity index (χ1) is 26.6. The number of likely N-dealkylation sites (N-methyl/N-ethyl adjacent to an activating group) is 1. The lowest BCUT2D eigenvalue weighted by Crippen LogP contribution is -2.46. The number of aromatic nitrogens is 2. The molecule has 0 spiro atoms. The number of rotatable bonds is 14. The molecule has 1 aliphatic heterocycles. The molecule has 2 amide bonds. The van der Waals surface area contributed by atoms with Gasteiger partial charge in [-0.15, -0.1) is 0 Å². The van der Waals surface area contributed by atoms with Gasteiger partial charge in [0.1, 0.15) is 11.4 Å². The number of carbonyl (C=O) groups excluding carboxylic acids is 3. The lowest BCUT2D eigenvalue weighted by atomic mass is 9.85. The lowest BCUT2D eigenvalue weighted by Gasteiger charge is -2.38. The van der Waals surface area contributed by atoms with E-state index < -0.39 is 11.6 Å². The van der Waals surface area contributed by atoms with Gasteiger partial charge in [0, 0.05) is 44.8 Å². The van der Waals surface area contributed by atoms with Crippen LogP contribution >= 0.6 is 11.6 Å². The van der Waals surface area contributed by atoms with E-state index in [1.165, 1.54) is 7.11 Å². The molecule has 0 bridgehead atoms. The highest BCUT2D eigenvalue weighted by molar-refractivity contribution is 6.30. The zero-order valence-corrected chi connectivity index (χ0v) is 35.0. The number of nitrogens with zero attached hydrogens (tertiary/aromatic N) is 6. The number of halogens is 1. The number of hydrogen-bond donors (Lipinski definition) is 0. The number of carbonyl (C=O) groups is 3. The first-order valence-electron chi connectivity index (χ1n) is 19.3. The van der Waals surface area contributed by atoms with Gasteiger partial charge in [0.2, 0.25) is 5.91 Å². The van der Waals surface area contributed by atoms with Crippen molar-refractivity contribution in [2.45, 2.75) is 90.5 Å². The minimum absolute atomic E-state index is 0.0755. The zero-order chi connectivity index (χ0) is 40.7. The number of hydrogen-bond acceptors (Lipinski definition) is 11. The second kappa shape index (κ2) is 18.5. The maximum absolute atomic E-state index is 14.0. The minimum atomic E-state index is -0.583. The summed E-state index contributed by atoms with van der Waals surface area (Å²) in [4.78, 5) is 55.9. The quantitative estimate of drug-likeness (QED) is 0.158. The van der Waals surface area contributed by atoms with E-state index in [0.717, 1.165) is 48.9 Å². The van der Waals surface area contributed by atoms with Gasteiger partial charge in [0.05, 0.1) is 51.7 Å². The summed E-state index contributed by atoms with van der Waals surface area (Å²) in [5.41, 5.74) is 2.07. The van der Waals surface area contributed by atoms with Gasteiger partial charge in [-0.25, -0.2) is 14.8 Å². The summed E-state index contributed by atoms with van der Waals surface area (Å²) >= 11 is 6.29. The molecule has 14 heteroatoms. The van der Waals surface area contributed by atoms with Crippen LogP contribution < -0.4 is 19.3 Å². The highest BCUT2D eigenvalue weighted by Crippen LogP contribution is 2.43. The first kappa shape index (κ1) is 42.5. The Morgan fingerprint density at radius 3 is 2.25 bits per heavy atom. The van der Waals surface area contributed by atoms with Crippen LogP contribution in [-0.2, 0) is 25.5 Å². The second-order valence-corrected chi connectivity index (χ2v) is 16.4. The van der Waals surface area contributed by atoms with E-state index in [9.17, 15) is 14.4 Å². The van der Waals surface area contributed by atoms with Gasteiger partial charge in [-0.05, 0) is 107 Å². The molecule has 56 heavy (non-hydrogen) atoms. The molecule has 13 nitrogen and oxygen atoms in total. The standard InChI is InChI=1S/C42H57ClN6O7/c1-27(2)55-35-22-33-30(20-34(35)53-8)21-38(50)49(40(33)29-12-14-31(43)15-13-29)37-24-44-36(23-45-37)47(7)25-28-10-16-32(17-11-28)48(26-39(51)54-9)19-18-46(6)41(52)56-42(3,4)5/h12-15,20,22-24,27-28,32,40H,10-11,16-19,21,25-26H2,1-9H3/t28?,32?,40-/m0/s1. The maximum Gasteiger partial charge on any atom is 0.410 e. The summed E-state index contributed by atoms with van der Waals surface area (Å²) in [5.74, 6) is 2.35. The van der Waals surface area contributed by atoms with Gasteiger partial charge in [-0.2, -0.15) is 0 Å². The summed E-state index contributed by atoms with van der Waals surface area (Å²) in [6.45, 7) is 11.4. The van der Waals surface area contributed by atoms with Crippen molar-refractivity contribution in [2.75, 3.05) is 64.3 Å². The van der Waals surface area contributed by atoms with Crippen LogP contribution in [0.15, 0.2) is 48.8 Å². The molecule has 2 aromatic carbocycles. The van der Waals surface area contributed by atoms with Crippen molar-refractivity contribution in [1.29, 1.82) is 0 Å². The number of esters is 1. The normalized spacial score (nSPS) is 18.4. The van der Waals surface area contributed by atoms with Crippen molar-refractivity contribution in [3.05, 3.63) is 70.5 Å². The van der Waals surface area contributed by atoms with E-state index in [1.54, 1.807) is 36.4 Å². The van der Waals surface area contributed by atoms with Crippen molar-refractivity contribution in [2.24, 2.45) is 5.92 Å². The van der Waals surface area contributed by atoms with Gasteiger partial charge >= 0.3 is 12.1 Å². The Hall–Kier alpha value is -4.62. The third kappa shape index (κ3) is 10.8. The van der Waals surface area contributed by atoms with Crippen molar-refractivity contribution in [3.8, 4) is 11.5 Å². The number of methoxy groups -OCH3 is 2. The predicted octanol–water partition coefficient (Wildman–Crippen LogP) is 6.94. The average Bonchev–Trinajstić information content (AvgIpc) is 3.15. The topological polar surface area (TPSA) is 127 Å². The zero-order valence-electron chi connectivity index (χ0n) is 34.2. The fraction of sp³-hybridized carbons (Fsp3) is 0.548. The number of amides is 2. The van der Waals surface area contributed by atoms with Crippen LogP contribution in [0.5, 0.6) is 11.5 Å². The molecule has 0 unspecified atom stereocenters. The molecule has 2 heterocycles. The molecule has 1 saturated carbocycles. The molecule has 0 N–H and O–H groups in total. The van der Waals surface area contributed by atoms with Crippen LogP contribution in [0.4, 0.5) is 16.4 Å². The third-order valence-corrected chi connectivity index (χ3v) is 10.5. The molecule has 1 aliphatic carbocycles. The summed E-state index contributed by atoms with van der Waals surface area (Å²) in [6, 6.07) is 11.1. The van der Waals surface area contributed by atoms with Gasteiger partial charge < -0.3 is 28.7 Å². The minimum Gasteiger partial charge on any atom is -0.493 e. The predicted molar refractivity (Wildman–Crippen MR) is 217 cm³/mol. The molecule has 0 radical (unpaired) electrons. The number of benzene rings is 2. The van der Waals surface area contributed by atoms with Crippen LogP contribution in [-0.4, -0.2) is 110 Å². The number of ether oxygens (including phenoxy) is 4. The fourth-order valence-electron chi connectivity index (χ4n) is 7.44. The maximum atomic E-state index is 14.0. The second-order valence-electron chi connectivity index (χ2n) is 16.0. The Morgan fingerprint density at radius 2 is 1.66 bits per heavy atom. The van der Waals surface area contributed by atoms with Gasteiger partial charge in [-0.1, -0.05) is 23.7 Å². The Morgan fingerprint density at radius 1 is 0.964 bits per heavy atom. The summed E-state index contributed by atoms with van der Waals surface area (Å²) in [5, 5.41) is 0.600. The van der Waals surface area contributed by atoms with Gasteiger partial charge in [-0.3, -0.25) is 19.4 Å². The first-order valence-corrected chi connectivity index (χ1v) is 19.7. The van der Waals surface area contributed by atoms with Crippen LogP contribution in [0, 0.1) is 5.92 Å². The summed E-state index contributed by atoms with van der Waals surface area (Å²) in [6.07, 6.45) is 6.86. The lowest BCUT2D eigenvalue weighted by molar-refractivity contribution is -0.142. The molecule has 5 rings (SSSR count). The van der Waals surface area contributed by atoms with Crippen LogP contribution in [0.1, 0.15) is 83.0 Å². The molecule has 1 atom stereocenters. The third-order valence-electron chi connectivity index (χ3n) is 10.3. The van der Waals surface area contributed by atoms with E-state index in [1.807, 2.05) is 78.1 Å². The summed E-state index contributed by atoms with van der Waals surface area (Å²) < 4.78 is 22.3. The highest BCUT2D eigenvalue weighted by Gasteiger charge is 2.37. The van der Waals surface area contributed by atoms with Crippen LogP contribution in [0.2, 0.25) is 5.02 Å². The highest BCUT2D eigenvalue weighted by atomic mass is 35.5.